The van der Waals surface area contributed by atoms with Crippen molar-refractivity contribution >= 4 is 34.4 Å². The number of allylic oxidation sites excluding steroid dienone is 1. The number of anilines is 2. The topological polar surface area (TPSA) is 15.6 Å². The van der Waals surface area contributed by atoms with Crippen molar-refractivity contribution in [2.45, 2.75) is 19.4 Å². The van der Waals surface area contributed by atoms with E-state index in [1.807, 2.05) is 12.3 Å². The molecule has 0 saturated heterocycles. The maximum Gasteiger partial charge on any atom is 0.0639 e. The first-order valence-electron chi connectivity index (χ1n) is 15.0. The predicted molar refractivity (Wildman–Crippen MR) is 184 cm³/mol. The molecule has 0 aromatic heterocycles. The average Bonchev–Trinajstić information content (AvgIpc) is 3.08. The first-order chi connectivity index (χ1) is 21.2. The Bertz CT molecular complexity index is 1930. The molecule has 208 valence electrons. The van der Waals surface area contributed by atoms with Gasteiger partial charge in [0.15, 0.2) is 0 Å². The minimum absolute atomic E-state index is 0.664. The van der Waals surface area contributed by atoms with Gasteiger partial charge >= 0.3 is 0 Å². The van der Waals surface area contributed by atoms with Crippen molar-refractivity contribution < 1.29 is 0 Å². The van der Waals surface area contributed by atoms with Crippen LogP contribution in [-0.2, 0) is 13.0 Å². The van der Waals surface area contributed by atoms with Crippen molar-refractivity contribution in [3.8, 4) is 22.3 Å². The van der Waals surface area contributed by atoms with Gasteiger partial charge in [-0.05, 0) is 87.3 Å². The highest BCUT2D eigenvalue weighted by Crippen LogP contribution is 2.41. The molecule has 0 aliphatic heterocycles. The average molecular weight is 555 g/mol. The van der Waals surface area contributed by atoms with Crippen LogP contribution in [0.2, 0.25) is 0 Å². The van der Waals surface area contributed by atoms with Crippen LogP contribution in [0.25, 0.3) is 39.1 Å². The summed E-state index contributed by atoms with van der Waals surface area (Å²) in [6.45, 7) is 0.664. The van der Waals surface area contributed by atoms with E-state index in [4.69, 9.17) is 4.99 Å². The number of rotatable bonds is 7. The molecule has 0 spiro atoms. The second-order valence-corrected chi connectivity index (χ2v) is 11.2. The van der Waals surface area contributed by atoms with Crippen LogP contribution in [0, 0.1) is 0 Å². The molecule has 0 bridgehead atoms. The summed E-state index contributed by atoms with van der Waals surface area (Å²) in [6, 6.07) is 47.9. The molecule has 0 unspecified atom stereocenters. The number of hydrogen-bond donors (Lipinski definition) is 0. The quantitative estimate of drug-likeness (QED) is 0.179. The molecule has 1 aliphatic rings. The smallest absolute Gasteiger partial charge is 0.0639 e. The van der Waals surface area contributed by atoms with Gasteiger partial charge in [0, 0.05) is 35.8 Å². The largest absolute Gasteiger partial charge is 0.344 e. The maximum atomic E-state index is 4.83. The zero-order valence-corrected chi connectivity index (χ0v) is 24.4. The van der Waals surface area contributed by atoms with Crippen LogP contribution in [0.1, 0.15) is 28.7 Å². The molecule has 0 saturated carbocycles. The van der Waals surface area contributed by atoms with E-state index in [9.17, 15) is 0 Å². The first-order valence-corrected chi connectivity index (χ1v) is 15.0. The second-order valence-electron chi connectivity index (χ2n) is 11.2. The summed E-state index contributed by atoms with van der Waals surface area (Å²) in [6.07, 6.45) is 8.73. The Morgan fingerprint density at radius 2 is 1.40 bits per heavy atom. The molecule has 0 heterocycles. The molecule has 6 aromatic rings. The molecule has 0 N–H and O–H groups in total. The third-order valence-corrected chi connectivity index (χ3v) is 8.44. The highest BCUT2D eigenvalue weighted by Gasteiger charge is 2.19. The number of hydrogen-bond acceptors (Lipinski definition) is 2. The van der Waals surface area contributed by atoms with E-state index in [0.29, 0.717) is 6.54 Å². The summed E-state index contributed by atoms with van der Waals surface area (Å²) in [5, 5.41) is 2.45. The number of fused-ring (bicyclic) bond motifs is 2. The van der Waals surface area contributed by atoms with Crippen LogP contribution in [-0.4, -0.2) is 13.3 Å². The van der Waals surface area contributed by atoms with Gasteiger partial charge in [-0.25, -0.2) is 0 Å². The van der Waals surface area contributed by atoms with Crippen LogP contribution in [0.4, 0.5) is 11.4 Å². The highest BCUT2D eigenvalue weighted by molar-refractivity contribution is 5.99. The fourth-order valence-corrected chi connectivity index (χ4v) is 6.17. The van der Waals surface area contributed by atoms with Crippen molar-refractivity contribution in [2.24, 2.45) is 4.99 Å². The first kappa shape index (κ1) is 26.7. The van der Waals surface area contributed by atoms with Gasteiger partial charge in [-0.15, -0.1) is 0 Å². The Morgan fingerprint density at radius 1 is 0.698 bits per heavy atom. The van der Waals surface area contributed by atoms with Crippen LogP contribution in [0.3, 0.4) is 0 Å². The summed E-state index contributed by atoms with van der Waals surface area (Å²) in [5.74, 6) is 0. The van der Waals surface area contributed by atoms with E-state index in [0.717, 1.165) is 24.1 Å². The van der Waals surface area contributed by atoms with Crippen LogP contribution in [0.15, 0.2) is 145 Å². The molecule has 6 aromatic carbocycles. The summed E-state index contributed by atoms with van der Waals surface area (Å²) < 4.78 is 0. The standard InChI is InChI=1S/C41H34N2/c1-43(40-25-22-31-14-10-11-19-38(31)41(40)33-15-6-3-7-16-33)37-23-20-32(21-24-37)39-27-35-18-9-8-17-34(35)26-36(39)29-42-28-30-12-4-2-5-13-30/h2-10,12-18,20-27,29H,11,19,28H2,1H3/b42-29+. The summed E-state index contributed by atoms with van der Waals surface area (Å²) >= 11 is 0. The molecule has 2 nitrogen and oxygen atoms in total. The van der Waals surface area contributed by atoms with Gasteiger partial charge in [-0.3, -0.25) is 4.99 Å². The molecule has 0 atom stereocenters. The Balaban J connectivity index is 1.25. The molecule has 1 aliphatic carbocycles. The lowest BCUT2D eigenvalue weighted by atomic mass is 9.87. The third-order valence-electron chi connectivity index (χ3n) is 8.44. The molecular formula is C41H34N2. The van der Waals surface area contributed by atoms with Crippen molar-refractivity contribution in [3.05, 3.63) is 162 Å². The van der Waals surface area contributed by atoms with Gasteiger partial charge in [0.25, 0.3) is 0 Å². The Labute approximate surface area is 254 Å². The Morgan fingerprint density at radius 3 is 2.16 bits per heavy atom. The zero-order chi connectivity index (χ0) is 29.0. The van der Waals surface area contributed by atoms with Gasteiger partial charge in [0.2, 0.25) is 0 Å². The fraction of sp³-hybridized carbons (Fsp3) is 0.0976. The summed E-state index contributed by atoms with van der Waals surface area (Å²) in [5.41, 5.74) is 12.5. The van der Waals surface area contributed by atoms with Gasteiger partial charge in [-0.2, -0.15) is 0 Å². The van der Waals surface area contributed by atoms with Crippen LogP contribution in [0.5, 0.6) is 0 Å². The lowest BCUT2D eigenvalue weighted by Gasteiger charge is -2.27. The van der Waals surface area contributed by atoms with E-state index in [2.05, 4.69) is 151 Å². The van der Waals surface area contributed by atoms with E-state index in [1.54, 1.807) is 0 Å². The summed E-state index contributed by atoms with van der Waals surface area (Å²) in [4.78, 5) is 7.15. The molecular weight excluding hydrogens is 520 g/mol. The van der Waals surface area contributed by atoms with E-state index in [-0.39, 0.29) is 0 Å². The molecule has 2 heteroatoms. The van der Waals surface area contributed by atoms with Gasteiger partial charge < -0.3 is 4.90 Å². The third kappa shape index (κ3) is 5.52. The van der Waals surface area contributed by atoms with Gasteiger partial charge in [-0.1, -0.05) is 115 Å². The molecule has 0 radical (unpaired) electrons. The zero-order valence-electron chi connectivity index (χ0n) is 24.4. The van der Waals surface area contributed by atoms with Crippen molar-refractivity contribution in [1.82, 2.24) is 0 Å². The Kier molecular flexibility index (Phi) is 7.41. The van der Waals surface area contributed by atoms with E-state index < -0.39 is 0 Å². The lowest BCUT2D eigenvalue weighted by Crippen LogP contribution is -2.12. The lowest BCUT2D eigenvalue weighted by molar-refractivity contribution is 0.985. The number of benzene rings is 6. The van der Waals surface area contributed by atoms with Crippen molar-refractivity contribution in [2.75, 3.05) is 11.9 Å². The van der Waals surface area contributed by atoms with Crippen LogP contribution >= 0.6 is 0 Å². The molecule has 43 heavy (non-hydrogen) atoms. The fourth-order valence-electron chi connectivity index (χ4n) is 6.17. The van der Waals surface area contributed by atoms with E-state index in [1.165, 1.54) is 55.4 Å². The normalized spacial score (nSPS) is 12.5. The minimum Gasteiger partial charge on any atom is -0.344 e. The van der Waals surface area contributed by atoms with Crippen LogP contribution < -0.4 is 4.90 Å². The van der Waals surface area contributed by atoms with Gasteiger partial charge in [0.05, 0.1) is 6.54 Å². The molecule has 0 fully saturated rings. The van der Waals surface area contributed by atoms with E-state index >= 15 is 0 Å². The van der Waals surface area contributed by atoms with Crippen molar-refractivity contribution in [3.63, 3.8) is 0 Å². The Hall–Kier alpha value is -5.21. The summed E-state index contributed by atoms with van der Waals surface area (Å²) in [7, 11) is 2.18. The minimum atomic E-state index is 0.664. The number of aliphatic imine (C=N–C) groups is 1. The predicted octanol–water partition coefficient (Wildman–Crippen LogP) is 10.5. The highest BCUT2D eigenvalue weighted by atomic mass is 15.1. The maximum absolute atomic E-state index is 4.83. The van der Waals surface area contributed by atoms with Gasteiger partial charge in [0.1, 0.15) is 0 Å². The van der Waals surface area contributed by atoms with Crippen molar-refractivity contribution in [1.29, 1.82) is 0 Å². The number of nitrogens with zero attached hydrogens (tertiary/aromatic N) is 2. The molecule has 0 amide bonds. The SMILES string of the molecule is CN(c1ccc(-c2cc3ccccc3cc2/C=N/Cc2ccccc2)cc1)c1ccc2c(c1-c1ccccc1)CCC=C2. The molecule has 7 rings (SSSR count). The monoisotopic (exact) mass is 554 g/mol. The second kappa shape index (κ2) is 12.0.